The van der Waals surface area contributed by atoms with Gasteiger partial charge < -0.3 is 10.4 Å². The number of anilines is 1. The molecule has 0 saturated heterocycles. The molecule has 7 heteroatoms. The number of carbonyl (C=O) groups is 1. The Kier molecular flexibility index (Phi) is 2.43. The minimum absolute atomic E-state index is 0.204. The minimum Gasteiger partial charge on any atom is -0.480 e. The van der Waals surface area contributed by atoms with Crippen LogP contribution in [0.15, 0.2) is 6.20 Å². The molecule has 0 radical (unpaired) electrons. The monoisotopic (exact) mass is 221 g/mol. The zero-order valence-corrected chi connectivity index (χ0v) is 8.93. The van der Waals surface area contributed by atoms with Crippen LogP contribution in [-0.4, -0.2) is 37.4 Å². The number of hydrogen-bond donors (Lipinski definition) is 2. The molecule has 0 spiro atoms. The quantitative estimate of drug-likeness (QED) is 0.767. The summed E-state index contributed by atoms with van der Waals surface area (Å²) in [5.41, 5.74) is 2.34. The van der Waals surface area contributed by atoms with E-state index in [4.69, 9.17) is 5.11 Å². The first-order valence-corrected chi connectivity index (χ1v) is 4.70. The smallest absolute Gasteiger partial charge is 0.322 e. The molecular formula is C9H11N5O2. The predicted molar refractivity (Wildman–Crippen MR) is 57.2 cm³/mol. The number of aliphatic carboxylic acids is 1. The lowest BCUT2D eigenvalue weighted by atomic mass is 10.4. The first kappa shape index (κ1) is 10.3. The second kappa shape index (κ2) is 3.76. The van der Waals surface area contributed by atoms with E-state index in [1.807, 2.05) is 14.0 Å². The van der Waals surface area contributed by atoms with Gasteiger partial charge in [-0.3, -0.25) is 9.48 Å². The van der Waals surface area contributed by atoms with Crippen molar-refractivity contribution in [1.82, 2.24) is 19.7 Å². The Morgan fingerprint density at radius 2 is 2.38 bits per heavy atom. The zero-order valence-electron chi connectivity index (χ0n) is 8.93. The lowest BCUT2D eigenvalue weighted by Gasteiger charge is -2.00. The van der Waals surface area contributed by atoms with Crippen LogP contribution in [0.25, 0.3) is 11.0 Å². The lowest BCUT2D eigenvalue weighted by Crippen LogP contribution is -2.14. The number of carboxylic acid groups (broad SMARTS) is 1. The summed E-state index contributed by atoms with van der Waals surface area (Å²) in [6, 6.07) is 0. The average molecular weight is 221 g/mol. The summed E-state index contributed by atoms with van der Waals surface area (Å²) in [5.74, 6) is -0.655. The van der Waals surface area contributed by atoms with Crippen molar-refractivity contribution < 1.29 is 9.90 Å². The van der Waals surface area contributed by atoms with Gasteiger partial charge in [-0.25, -0.2) is 9.97 Å². The van der Waals surface area contributed by atoms with Crippen molar-refractivity contribution in [3.05, 3.63) is 11.9 Å². The summed E-state index contributed by atoms with van der Waals surface area (Å²) in [7, 11) is 1.81. The summed E-state index contributed by atoms with van der Waals surface area (Å²) in [6.07, 6.45) is 1.62. The van der Waals surface area contributed by atoms with Gasteiger partial charge in [0.1, 0.15) is 17.6 Å². The summed E-state index contributed by atoms with van der Waals surface area (Å²) >= 11 is 0. The topological polar surface area (TPSA) is 92.9 Å². The van der Waals surface area contributed by atoms with Crippen LogP contribution in [0.4, 0.5) is 5.95 Å². The van der Waals surface area contributed by atoms with E-state index in [-0.39, 0.29) is 6.54 Å². The fourth-order valence-corrected chi connectivity index (χ4v) is 1.44. The Hall–Kier alpha value is -2.18. The normalized spacial score (nSPS) is 10.6. The first-order chi connectivity index (χ1) is 7.58. The molecule has 0 aliphatic carbocycles. The maximum absolute atomic E-state index is 10.4. The Labute approximate surface area is 91.1 Å². The first-order valence-electron chi connectivity index (χ1n) is 4.70. The number of hydrogen-bond acceptors (Lipinski definition) is 5. The average Bonchev–Trinajstić information content (AvgIpc) is 2.52. The molecule has 0 fully saturated rings. The number of fused-ring (bicyclic) bond motifs is 1. The van der Waals surface area contributed by atoms with E-state index in [2.05, 4.69) is 20.4 Å². The van der Waals surface area contributed by atoms with Crippen LogP contribution in [-0.2, 0) is 11.8 Å². The second-order valence-electron chi connectivity index (χ2n) is 3.38. The van der Waals surface area contributed by atoms with Gasteiger partial charge in [-0.1, -0.05) is 0 Å². The van der Waals surface area contributed by atoms with Crippen LogP contribution in [0.1, 0.15) is 5.69 Å². The molecule has 16 heavy (non-hydrogen) atoms. The van der Waals surface area contributed by atoms with Gasteiger partial charge in [0.2, 0.25) is 5.95 Å². The van der Waals surface area contributed by atoms with E-state index in [0.717, 1.165) is 16.7 Å². The molecule has 0 bridgehead atoms. The van der Waals surface area contributed by atoms with Gasteiger partial charge in [0.15, 0.2) is 0 Å². The summed E-state index contributed by atoms with van der Waals surface area (Å²) in [4.78, 5) is 18.6. The molecule has 2 aromatic rings. The van der Waals surface area contributed by atoms with Gasteiger partial charge in [-0.05, 0) is 6.92 Å². The van der Waals surface area contributed by atoms with Crippen LogP contribution in [0, 0.1) is 6.92 Å². The molecule has 7 nitrogen and oxygen atoms in total. The number of aromatic nitrogens is 4. The van der Waals surface area contributed by atoms with Crippen molar-refractivity contribution in [1.29, 1.82) is 0 Å². The van der Waals surface area contributed by atoms with E-state index in [9.17, 15) is 4.79 Å². The molecule has 0 saturated carbocycles. The minimum atomic E-state index is -0.952. The van der Waals surface area contributed by atoms with E-state index < -0.39 is 5.97 Å². The molecule has 2 aromatic heterocycles. The maximum Gasteiger partial charge on any atom is 0.322 e. The summed E-state index contributed by atoms with van der Waals surface area (Å²) in [5, 5.41) is 15.3. The molecule has 0 aromatic carbocycles. The largest absolute Gasteiger partial charge is 0.480 e. The second-order valence-corrected chi connectivity index (χ2v) is 3.38. The van der Waals surface area contributed by atoms with Gasteiger partial charge in [0.25, 0.3) is 0 Å². The number of nitrogens with one attached hydrogen (secondary N) is 1. The van der Waals surface area contributed by atoms with Crippen molar-refractivity contribution in [2.24, 2.45) is 7.05 Å². The third-order valence-electron chi connectivity index (χ3n) is 2.16. The Bertz CT molecular complexity index is 548. The van der Waals surface area contributed by atoms with Crippen molar-refractivity contribution in [3.63, 3.8) is 0 Å². The van der Waals surface area contributed by atoms with Gasteiger partial charge in [-0.2, -0.15) is 5.10 Å². The third kappa shape index (κ3) is 1.79. The Balaban J connectivity index is 2.36. The number of nitrogens with zero attached hydrogens (tertiary/aromatic N) is 4. The Morgan fingerprint density at radius 1 is 1.62 bits per heavy atom. The van der Waals surface area contributed by atoms with Gasteiger partial charge in [0.05, 0.1) is 11.9 Å². The summed E-state index contributed by atoms with van der Waals surface area (Å²) < 4.78 is 1.69. The van der Waals surface area contributed by atoms with E-state index in [0.29, 0.717) is 5.95 Å². The zero-order chi connectivity index (χ0) is 11.7. The molecule has 0 aliphatic rings. The van der Waals surface area contributed by atoms with Crippen LogP contribution in [0.5, 0.6) is 0 Å². The fraction of sp³-hybridized carbons (Fsp3) is 0.333. The fourth-order valence-electron chi connectivity index (χ4n) is 1.44. The number of carboxylic acids is 1. The number of rotatable bonds is 3. The van der Waals surface area contributed by atoms with Crippen molar-refractivity contribution in [2.75, 3.05) is 11.9 Å². The summed E-state index contributed by atoms with van der Waals surface area (Å²) in [6.45, 7) is 1.64. The Morgan fingerprint density at radius 3 is 3.06 bits per heavy atom. The van der Waals surface area contributed by atoms with Gasteiger partial charge in [0, 0.05) is 7.05 Å². The highest BCUT2D eigenvalue weighted by Crippen LogP contribution is 2.14. The van der Waals surface area contributed by atoms with E-state index in [1.165, 1.54) is 0 Å². The number of aryl methyl sites for hydroxylation is 2. The predicted octanol–water partition coefficient (Wildman–Crippen LogP) is 0.168. The highest BCUT2D eigenvalue weighted by atomic mass is 16.4. The molecule has 0 aliphatic heterocycles. The molecule has 0 amide bonds. The SMILES string of the molecule is Cc1nn(C)c2cnc(NCC(=O)O)nc12. The van der Waals surface area contributed by atoms with Crippen LogP contribution < -0.4 is 5.32 Å². The standard InChI is InChI=1S/C9H11N5O2/c1-5-8-6(14(2)13-5)3-10-9(12-8)11-4-7(15)16/h3H,4H2,1-2H3,(H,15,16)(H,10,11,12). The molecule has 2 rings (SSSR count). The van der Waals surface area contributed by atoms with Crippen molar-refractivity contribution in [2.45, 2.75) is 6.92 Å². The maximum atomic E-state index is 10.4. The molecule has 2 heterocycles. The highest BCUT2D eigenvalue weighted by molar-refractivity contribution is 5.78. The van der Waals surface area contributed by atoms with Crippen molar-refractivity contribution >= 4 is 23.0 Å². The van der Waals surface area contributed by atoms with E-state index >= 15 is 0 Å². The molecule has 84 valence electrons. The van der Waals surface area contributed by atoms with Crippen molar-refractivity contribution in [3.8, 4) is 0 Å². The lowest BCUT2D eigenvalue weighted by molar-refractivity contribution is -0.134. The molecule has 0 atom stereocenters. The van der Waals surface area contributed by atoms with Crippen LogP contribution in [0.2, 0.25) is 0 Å². The third-order valence-corrected chi connectivity index (χ3v) is 2.16. The molecule has 0 unspecified atom stereocenters. The van der Waals surface area contributed by atoms with Crippen LogP contribution in [0.3, 0.4) is 0 Å². The molecular weight excluding hydrogens is 210 g/mol. The highest BCUT2D eigenvalue weighted by Gasteiger charge is 2.08. The van der Waals surface area contributed by atoms with E-state index in [1.54, 1.807) is 10.9 Å². The van der Waals surface area contributed by atoms with Gasteiger partial charge >= 0.3 is 5.97 Å². The molecule has 2 N–H and O–H groups in total. The van der Waals surface area contributed by atoms with Gasteiger partial charge in [-0.15, -0.1) is 0 Å². The van der Waals surface area contributed by atoms with Crippen LogP contribution >= 0.6 is 0 Å².